The van der Waals surface area contributed by atoms with Crippen LogP contribution in [0.1, 0.15) is 21.5 Å². The number of para-hydroxylation sites is 1. The Bertz CT molecular complexity index is 1240. The largest absolute Gasteiger partial charge is 0.329 e. The third-order valence-electron chi connectivity index (χ3n) is 4.39. The predicted molar refractivity (Wildman–Crippen MR) is 123 cm³/mol. The molecule has 0 heterocycles. The molecule has 0 atom stereocenters. The molecular formula is C23H19N5O5. The lowest BCUT2D eigenvalue weighted by Crippen LogP contribution is -2.33. The molecule has 3 aromatic carbocycles. The van der Waals surface area contributed by atoms with Crippen molar-refractivity contribution in [2.24, 2.45) is 5.10 Å². The quantitative estimate of drug-likeness (QED) is 0.231. The zero-order chi connectivity index (χ0) is 23.8. The Labute approximate surface area is 188 Å². The number of carbonyl (C=O) groups is 3. The summed E-state index contributed by atoms with van der Waals surface area (Å²) in [4.78, 5) is 47.1. The lowest BCUT2D eigenvalue weighted by molar-refractivity contribution is -0.384. The van der Waals surface area contributed by atoms with Gasteiger partial charge in [0, 0.05) is 17.8 Å². The smallest absolute Gasteiger partial charge is 0.322 e. The standard InChI is InChI=1S/C23H19N5O5/c1-15-5-4-6-17(13-15)25-21(29)19-7-2-3-8-20(19)26-22(30)23(31)27-24-14-16-9-11-18(12-10-16)28(32)33/h2-14H,1H3,(H,25,29)(H,26,30)(H,27,31)/b24-14-. The minimum Gasteiger partial charge on any atom is -0.322 e. The zero-order valence-corrected chi connectivity index (χ0v) is 17.4. The molecule has 10 heteroatoms. The second-order valence-corrected chi connectivity index (χ2v) is 6.87. The number of hydrazone groups is 1. The van der Waals surface area contributed by atoms with Gasteiger partial charge in [0.15, 0.2) is 0 Å². The molecule has 0 saturated heterocycles. The Morgan fingerprint density at radius 1 is 0.909 bits per heavy atom. The highest BCUT2D eigenvalue weighted by Gasteiger charge is 2.17. The fourth-order valence-electron chi connectivity index (χ4n) is 2.79. The van der Waals surface area contributed by atoms with Crippen LogP contribution in [0.5, 0.6) is 0 Å². The van der Waals surface area contributed by atoms with E-state index in [4.69, 9.17) is 0 Å². The van der Waals surface area contributed by atoms with E-state index in [9.17, 15) is 24.5 Å². The molecule has 0 fully saturated rings. The molecule has 0 aliphatic carbocycles. The van der Waals surface area contributed by atoms with Crippen LogP contribution in [0.15, 0.2) is 77.9 Å². The number of nitrogens with zero attached hydrogens (tertiary/aromatic N) is 2. The number of amides is 3. The average Bonchev–Trinajstić information content (AvgIpc) is 2.79. The summed E-state index contributed by atoms with van der Waals surface area (Å²) in [6.45, 7) is 1.90. The van der Waals surface area contributed by atoms with Gasteiger partial charge in [-0.2, -0.15) is 5.10 Å². The Hall–Kier alpha value is -4.86. The van der Waals surface area contributed by atoms with Crippen LogP contribution in [-0.4, -0.2) is 28.9 Å². The van der Waals surface area contributed by atoms with Crippen molar-refractivity contribution in [3.63, 3.8) is 0 Å². The number of hydrogen-bond donors (Lipinski definition) is 3. The molecule has 3 rings (SSSR count). The SMILES string of the molecule is Cc1cccc(NC(=O)c2ccccc2NC(=O)C(=O)N/N=C\c2ccc([N+](=O)[O-])cc2)c1. The Kier molecular flexibility index (Phi) is 7.22. The van der Waals surface area contributed by atoms with Gasteiger partial charge in [0.25, 0.3) is 11.6 Å². The molecular weight excluding hydrogens is 426 g/mol. The fraction of sp³-hybridized carbons (Fsp3) is 0.0435. The molecule has 10 nitrogen and oxygen atoms in total. The maximum atomic E-state index is 12.7. The van der Waals surface area contributed by atoms with Gasteiger partial charge in [-0.15, -0.1) is 0 Å². The summed E-state index contributed by atoms with van der Waals surface area (Å²) in [6.07, 6.45) is 1.23. The second-order valence-electron chi connectivity index (χ2n) is 6.87. The molecule has 0 aliphatic rings. The Morgan fingerprint density at radius 3 is 2.33 bits per heavy atom. The number of nitro groups is 1. The Morgan fingerprint density at radius 2 is 1.64 bits per heavy atom. The summed E-state index contributed by atoms with van der Waals surface area (Å²) >= 11 is 0. The van der Waals surface area contributed by atoms with E-state index in [1.165, 1.54) is 42.6 Å². The minimum absolute atomic E-state index is 0.0827. The molecule has 3 amide bonds. The Balaban J connectivity index is 1.62. The normalized spacial score (nSPS) is 10.5. The molecule has 0 aliphatic heterocycles. The van der Waals surface area contributed by atoms with Gasteiger partial charge in [-0.05, 0) is 54.4 Å². The van der Waals surface area contributed by atoms with Gasteiger partial charge >= 0.3 is 11.8 Å². The minimum atomic E-state index is -1.05. The number of non-ortho nitro benzene ring substituents is 1. The highest BCUT2D eigenvalue weighted by molar-refractivity contribution is 6.40. The summed E-state index contributed by atoms with van der Waals surface area (Å²) in [6, 6.07) is 19.0. The van der Waals surface area contributed by atoms with E-state index in [0.29, 0.717) is 11.3 Å². The molecule has 0 radical (unpaired) electrons. The summed E-state index contributed by atoms with van der Waals surface area (Å²) in [5.74, 6) is -2.53. The number of benzene rings is 3. The third-order valence-corrected chi connectivity index (χ3v) is 4.39. The van der Waals surface area contributed by atoms with Gasteiger partial charge in [-0.1, -0.05) is 24.3 Å². The van der Waals surface area contributed by atoms with Crippen molar-refractivity contribution < 1.29 is 19.3 Å². The number of aryl methyl sites for hydroxylation is 1. The molecule has 3 N–H and O–H groups in total. The van der Waals surface area contributed by atoms with Crippen LogP contribution in [0.25, 0.3) is 0 Å². The van der Waals surface area contributed by atoms with E-state index in [1.54, 1.807) is 30.3 Å². The first-order chi connectivity index (χ1) is 15.8. The number of carbonyl (C=O) groups excluding carboxylic acids is 3. The molecule has 0 bridgehead atoms. The van der Waals surface area contributed by atoms with Crippen LogP contribution in [0.3, 0.4) is 0 Å². The van der Waals surface area contributed by atoms with Crippen LogP contribution in [-0.2, 0) is 9.59 Å². The fourth-order valence-corrected chi connectivity index (χ4v) is 2.79. The van der Waals surface area contributed by atoms with Gasteiger partial charge in [-0.3, -0.25) is 24.5 Å². The summed E-state index contributed by atoms with van der Waals surface area (Å²) in [7, 11) is 0. The van der Waals surface area contributed by atoms with Crippen molar-refractivity contribution in [2.45, 2.75) is 6.92 Å². The molecule has 0 unspecified atom stereocenters. The number of nitrogens with one attached hydrogen (secondary N) is 3. The van der Waals surface area contributed by atoms with Gasteiger partial charge in [0.2, 0.25) is 0 Å². The van der Waals surface area contributed by atoms with Gasteiger partial charge in [0.1, 0.15) is 0 Å². The number of rotatable bonds is 6. The van der Waals surface area contributed by atoms with E-state index in [-0.39, 0.29) is 16.9 Å². The maximum Gasteiger partial charge on any atom is 0.329 e. The lowest BCUT2D eigenvalue weighted by Gasteiger charge is -2.11. The highest BCUT2D eigenvalue weighted by atomic mass is 16.6. The maximum absolute atomic E-state index is 12.7. The van der Waals surface area contributed by atoms with Crippen LogP contribution < -0.4 is 16.1 Å². The molecule has 0 aromatic heterocycles. The monoisotopic (exact) mass is 445 g/mol. The molecule has 0 spiro atoms. The van der Waals surface area contributed by atoms with Crippen molar-refractivity contribution in [1.82, 2.24) is 5.43 Å². The van der Waals surface area contributed by atoms with E-state index < -0.39 is 22.6 Å². The van der Waals surface area contributed by atoms with Gasteiger partial charge < -0.3 is 10.6 Å². The molecule has 0 saturated carbocycles. The van der Waals surface area contributed by atoms with Crippen LogP contribution in [0.2, 0.25) is 0 Å². The van der Waals surface area contributed by atoms with E-state index in [0.717, 1.165) is 5.56 Å². The predicted octanol–water partition coefficient (Wildman–Crippen LogP) is 3.24. The number of anilines is 2. The first-order valence-corrected chi connectivity index (χ1v) is 9.69. The third kappa shape index (κ3) is 6.31. The van der Waals surface area contributed by atoms with E-state index in [2.05, 4.69) is 21.2 Å². The van der Waals surface area contributed by atoms with Crippen molar-refractivity contribution in [2.75, 3.05) is 10.6 Å². The van der Waals surface area contributed by atoms with E-state index in [1.807, 2.05) is 13.0 Å². The van der Waals surface area contributed by atoms with Crippen molar-refractivity contribution >= 4 is 41.0 Å². The summed E-state index contributed by atoms with van der Waals surface area (Å²) in [5.41, 5.74) is 4.37. The number of hydrogen-bond acceptors (Lipinski definition) is 6. The average molecular weight is 445 g/mol. The highest BCUT2D eigenvalue weighted by Crippen LogP contribution is 2.18. The first-order valence-electron chi connectivity index (χ1n) is 9.69. The summed E-state index contributed by atoms with van der Waals surface area (Å²) < 4.78 is 0. The summed E-state index contributed by atoms with van der Waals surface area (Å²) in [5, 5.41) is 19.5. The van der Waals surface area contributed by atoms with Crippen molar-refractivity contribution in [1.29, 1.82) is 0 Å². The second kappa shape index (κ2) is 10.4. The first kappa shape index (κ1) is 22.8. The molecule has 3 aromatic rings. The van der Waals surface area contributed by atoms with Crippen LogP contribution >= 0.6 is 0 Å². The molecule has 33 heavy (non-hydrogen) atoms. The van der Waals surface area contributed by atoms with Crippen LogP contribution in [0.4, 0.5) is 17.1 Å². The molecule has 166 valence electrons. The van der Waals surface area contributed by atoms with Crippen molar-refractivity contribution in [3.8, 4) is 0 Å². The lowest BCUT2D eigenvalue weighted by atomic mass is 10.1. The topological polar surface area (TPSA) is 143 Å². The van der Waals surface area contributed by atoms with E-state index >= 15 is 0 Å². The van der Waals surface area contributed by atoms with Gasteiger partial charge in [-0.25, -0.2) is 5.43 Å². The number of nitro benzene ring substituents is 1. The zero-order valence-electron chi connectivity index (χ0n) is 17.4. The van der Waals surface area contributed by atoms with Crippen molar-refractivity contribution in [3.05, 3.63) is 99.6 Å². The van der Waals surface area contributed by atoms with Crippen LogP contribution in [0, 0.1) is 17.0 Å². The van der Waals surface area contributed by atoms with Gasteiger partial charge in [0.05, 0.1) is 22.4 Å².